The Morgan fingerprint density at radius 3 is 3.00 bits per heavy atom. The van der Waals surface area contributed by atoms with Crippen molar-refractivity contribution in [2.24, 2.45) is 0 Å². The molecule has 0 bridgehead atoms. The standard InChI is InChI=1S/C13H15FN4O/c1-9-10(7-17-18-9)3-2-5-16-13(19)11-4-6-15-8-12(11)14/h4,6-8H,2-3,5H2,1H3,(H,16,19)(H,17,18). The van der Waals surface area contributed by atoms with Crippen molar-refractivity contribution in [1.29, 1.82) is 0 Å². The Labute approximate surface area is 110 Å². The summed E-state index contributed by atoms with van der Waals surface area (Å²) in [5.74, 6) is -1.02. The summed E-state index contributed by atoms with van der Waals surface area (Å²) in [4.78, 5) is 15.3. The van der Waals surface area contributed by atoms with Crippen molar-refractivity contribution >= 4 is 5.91 Å². The predicted molar refractivity (Wildman–Crippen MR) is 68.2 cm³/mol. The molecule has 0 saturated heterocycles. The van der Waals surface area contributed by atoms with Crippen LogP contribution in [0.25, 0.3) is 0 Å². The molecule has 0 aromatic carbocycles. The summed E-state index contributed by atoms with van der Waals surface area (Å²) in [6.45, 7) is 2.44. The number of pyridine rings is 1. The van der Waals surface area contributed by atoms with E-state index in [-0.39, 0.29) is 5.56 Å². The summed E-state index contributed by atoms with van der Waals surface area (Å²) in [5, 5.41) is 9.47. The Morgan fingerprint density at radius 1 is 1.47 bits per heavy atom. The second kappa shape index (κ2) is 6.08. The van der Waals surface area contributed by atoms with Gasteiger partial charge in [-0.25, -0.2) is 4.39 Å². The summed E-state index contributed by atoms with van der Waals surface area (Å²) >= 11 is 0. The van der Waals surface area contributed by atoms with Crippen LogP contribution in [0.3, 0.4) is 0 Å². The van der Waals surface area contributed by atoms with Crippen molar-refractivity contribution in [3.05, 3.63) is 47.3 Å². The van der Waals surface area contributed by atoms with Crippen LogP contribution >= 0.6 is 0 Å². The van der Waals surface area contributed by atoms with E-state index < -0.39 is 11.7 Å². The molecule has 100 valence electrons. The molecular formula is C13H15FN4O. The van der Waals surface area contributed by atoms with Gasteiger partial charge in [-0.1, -0.05) is 0 Å². The van der Waals surface area contributed by atoms with Crippen molar-refractivity contribution in [3.8, 4) is 0 Å². The lowest BCUT2D eigenvalue weighted by atomic mass is 10.1. The van der Waals surface area contributed by atoms with Crippen LogP contribution in [0.2, 0.25) is 0 Å². The van der Waals surface area contributed by atoms with Crippen molar-refractivity contribution < 1.29 is 9.18 Å². The number of aromatic nitrogens is 3. The van der Waals surface area contributed by atoms with Gasteiger partial charge in [-0.15, -0.1) is 0 Å². The first-order valence-electron chi connectivity index (χ1n) is 6.05. The summed E-state index contributed by atoms with van der Waals surface area (Å²) in [6.07, 6.45) is 5.80. The van der Waals surface area contributed by atoms with Gasteiger partial charge in [0.1, 0.15) is 0 Å². The molecule has 2 aromatic rings. The van der Waals surface area contributed by atoms with Crippen LogP contribution < -0.4 is 5.32 Å². The second-order valence-corrected chi connectivity index (χ2v) is 4.24. The van der Waals surface area contributed by atoms with Crippen LogP contribution in [0.5, 0.6) is 0 Å². The van der Waals surface area contributed by atoms with Gasteiger partial charge in [-0.2, -0.15) is 5.10 Å². The zero-order valence-corrected chi connectivity index (χ0v) is 10.6. The molecule has 0 atom stereocenters. The van der Waals surface area contributed by atoms with Gasteiger partial charge in [0, 0.05) is 18.4 Å². The molecule has 0 spiro atoms. The molecule has 5 nitrogen and oxygen atoms in total. The molecule has 0 saturated carbocycles. The highest BCUT2D eigenvalue weighted by Gasteiger charge is 2.10. The number of nitrogens with zero attached hydrogens (tertiary/aromatic N) is 2. The first-order valence-corrected chi connectivity index (χ1v) is 6.05. The molecule has 0 aliphatic heterocycles. The molecule has 19 heavy (non-hydrogen) atoms. The lowest BCUT2D eigenvalue weighted by molar-refractivity contribution is 0.0949. The van der Waals surface area contributed by atoms with Gasteiger partial charge in [0.2, 0.25) is 0 Å². The summed E-state index contributed by atoms with van der Waals surface area (Å²) < 4.78 is 13.3. The van der Waals surface area contributed by atoms with E-state index in [4.69, 9.17) is 0 Å². The lowest BCUT2D eigenvalue weighted by Gasteiger charge is -2.05. The molecule has 2 rings (SSSR count). The Bertz CT molecular complexity index is 567. The second-order valence-electron chi connectivity index (χ2n) is 4.24. The molecule has 2 heterocycles. The first-order chi connectivity index (χ1) is 9.18. The molecule has 6 heteroatoms. The lowest BCUT2D eigenvalue weighted by Crippen LogP contribution is -2.25. The molecule has 1 amide bonds. The monoisotopic (exact) mass is 262 g/mol. The average Bonchev–Trinajstić information content (AvgIpc) is 2.80. The normalized spacial score (nSPS) is 10.4. The highest BCUT2D eigenvalue weighted by atomic mass is 19.1. The van der Waals surface area contributed by atoms with Gasteiger partial charge >= 0.3 is 0 Å². The maximum atomic E-state index is 13.3. The third-order valence-corrected chi connectivity index (χ3v) is 2.86. The number of carbonyl (C=O) groups is 1. The molecule has 0 aliphatic carbocycles. The fourth-order valence-corrected chi connectivity index (χ4v) is 1.76. The Morgan fingerprint density at radius 2 is 2.32 bits per heavy atom. The molecule has 0 aliphatic rings. The van der Waals surface area contributed by atoms with E-state index in [1.54, 1.807) is 6.20 Å². The Hall–Kier alpha value is -2.24. The van der Waals surface area contributed by atoms with Crippen LogP contribution in [0, 0.1) is 12.7 Å². The van der Waals surface area contributed by atoms with E-state index in [1.165, 1.54) is 12.3 Å². The smallest absolute Gasteiger partial charge is 0.254 e. The topological polar surface area (TPSA) is 70.7 Å². The molecule has 2 aromatic heterocycles. The molecule has 2 N–H and O–H groups in total. The van der Waals surface area contributed by atoms with Gasteiger partial charge in [-0.05, 0) is 31.4 Å². The molecular weight excluding hydrogens is 247 g/mol. The number of aryl methyl sites for hydroxylation is 2. The third kappa shape index (κ3) is 3.37. The van der Waals surface area contributed by atoms with E-state index in [0.29, 0.717) is 6.54 Å². The zero-order valence-electron chi connectivity index (χ0n) is 10.6. The minimum absolute atomic E-state index is 0.0227. The van der Waals surface area contributed by atoms with Crippen LogP contribution in [-0.4, -0.2) is 27.6 Å². The maximum Gasteiger partial charge on any atom is 0.254 e. The summed E-state index contributed by atoms with van der Waals surface area (Å²) in [6, 6.07) is 1.37. The van der Waals surface area contributed by atoms with E-state index in [2.05, 4.69) is 20.5 Å². The number of aromatic amines is 1. The van der Waals surface area contributed by atoms with E-state index >= 15 is 0 Å². The Kier molecular flexibility index (Phi) is 4.22. The van der Waals surface area contributed by atoms with Gasteiger partial charge < -0.3 is 5.32 Å². The number of hydrogen-bond donors (Lipinski definition) is 2. The van der Waals surface area contributed by atoms with Crippen molar-refractivity contribution in [2.45, 2.75) is 19.8 Å². The number of halogens is 1. The molecule has 0 unspecified atom stereocenters. The van der Waals surface area contributed by atoms with Gasteiger partial charge in [0.05, 0.1) is 18.0 Å². The van der Waals surface area contributed by atoms with Crippen LogP contribution in [-0.2, 0) is 6.42 Å². The van der Waals surface area contributed by atoms with Crippen molar-refractivity contribution in [3.63, 3.8) is 0 Å². The van der Waals surface area contributed by atoms with Crippen molar-refractivity contribution in [2.75, 3.05) is 6.54 Å². The van der Waals surface area contributed by atoms with Crippen LogP contribution in [0.4, 0.5) is 4.39 Å². The predicted octanol–water partition coefficient (Wildman–Crippen LogP) is 1.61. The van der Waals surface area contributed by atoms with E-state index in [9.17, 15) is 9.18 Å². The van der Waals surface area contributed by atoms with Crippen LogP contribution in [0.1, 0.15) is 28.0 Å². The summed E-state index contributed by atoms with van der Waals surface area (Å²) in [5.41, 5.74) is 2.19. The quantitative estimate of drug-likeness (QED) is 0.804. The fourth-order valence-electron chi connectivity index (χ4n) is 1.76. The number of rotatable bonds is 5. The number of amides is 1. The minimum atomic E-state index is -0.606. The van der Waals surface area contributed by atoms with E-state index in [1.807, 2.05) is 6.92 Å². The largest absolute Gasteiger partial charge is 0.352 e. The molecule has 0 radical (unpaired) electrons. The fraction of sp³-hybridized carbons (Fsp3) is 0.308. The third-order valence-electron chi connectivity index (χ3n) is 2.86. The van der Waals surface area contributed by atoms with Crippen molar-refractivity contribution in [1.82, 2.24) is 20.5 Å². The minimum Gasteiger partial charge on any atom is -0.352 e. The Balaban J connectivity index is 1.79. The SMILES string of the molecule is Cc1[nH]ncc1CCCNC(=O)c1ccncc1F. The van der Waals surface area contributed by atoms with Gasteiger partial charge in [0.25, 0.3) is 5.91 Å². The first kappa shape index (κ1) is 13.2. The highest BCUT2D eigenvalue weighted by molar-refractivity contribution is 5.94. The number of carbonyl (C=O) groups excluding carboxylic acids is 1. The molecule has 0 fully saturated rings. The van der Waals surface area contributed by atoms with E-state index in [0.717, 1.165) is 30.3 Å². The number of hydrogen-bond acceptors (Lipinski definition) is 3. The summed E-state index contributed by atoms with van der Waals surface area (Å²) in [7, 11) is 0. The zero-order chi connectivity index (χ0) is 13.7. The maximum absolute atomic E-state index is 13.3. The number of nitrogens with one attached hydrogen (secondary N) is 2. The van der Waals surface area contributed by atoms with Gasteiger partial charge in [-0.3, -0.25) is 14.9 Å². The average molecular weight is 262 g/mol. The highest BCUT2D eigenvalue weighted by Crippen LogP contribution is 2.06. The van der Waals surface area contributed by atoms with Crippen LogP contribution in [0.15, 0.2) is 24.7 Å². The number of H-pyrrole nitrogens is 1. The van der Waals surface area contributed by atoms with Gasteiger partial charge in [0.15, 0.2) is 5.82 Å².